The van der Waals surface area contributed by atoms with Crippen LogP contribution in [0.3, 0.4) is 0 Å². The molecule has 0 spiro atoms. The van der Waals surface area contributed by atoms with E-state index in [-0.39, 0.29) is 0 Å². The van der Waals surface area contributed by atoms with E-state index in [0.717, 1.165) is 20.0 Å². The molecular weight excluding hydrogens is 329 g/mol. The molecular formula is C13H16FN3O7. The van der Waals surface area contributed by atoms with Gasteiger partial charge in [0.1, 0.15) is 6.10 Å². The number of hydrogen-bond donors (Lipinski definition) is 2. The van der Waals surface area contributed by atoms with Crippen LogP contribution in [0.25, 0.3) is 0 Å². The molecule has 10 nitrogen and oxygen atoms in total. The maximum absolute atomic E-state index is 13.6. The Hall–Kier alpha value is -2.53. The topological polar surface area (TPSA) is 143 Å². The first kappa shape index (κ1) is 17.8. The summed E-state index contributed by atoms with van der Waals surface area (Å²) in [7, 11) is 0. The van der Waals surface area contributed by atoms with Crippen molar-refractivity contribution in [2.75, 3.05) is 12.3 Å². The third kappa shape index (κ3) is 3.51. The molecule has 24 heavy (non-hydrogen) atoms. The van der Waals surface area contributed by atoms with Gasteiger partial charge < -0.3 is 25.1 Å². The Labute approximate surface area is 134 Å². The van der Waals surface area contributed by atoms with Gasteiger partial charge in [-0.15, -0.1) is 0 Å². The van der Waals surface area contributed by atoms with Gasteiger partial charge in [-0.05, 0) is 0 Å². The quantitative estimate of drug-likeness (QED) is 0.637. The predicted molar refractivity (Wildman–Crippen MR) is 75.0 cm³/mol. The molecule has 1 aliphatic rings. The van der Waals surface area contributed by atoms with Crippen LogP contribution < -0.4 is 11.4 Å². The van der Waals surface area contributed by atoms with E-state index >= 15 is 0 Å². The summed E-state index contributed by atoms with van der Waals surface area (Å²) in [5.41, 5.74) is 4.25. The molecule has 4 atom stereocenters. The van der Waals surface area contributed by atoms with Crippen molar-refractivity contribution in [1.82, 2.24) is 9.55 Å². The number of aliphatic hydroxyl groups excluding tert-OH is 1. The van der Waals surface area contributed by atoms with Crippen molar-refractivity contribution in [3.63, 3.8) is 0 Å². The molecule has 0 bridgehead atoms. The number of hydrogen-bond acceptors (Lipinski definition) is 9. The summed E-state index contributed by atoms with van der Waals surface area (Å²) >= 11 is 0. The Morgan fingerprint density at radius 3 is 2.50 bits per heavy atom. The minimum Gasteiger partial charge on any atom is -0.456 e. The van der Waals surface area contributed by atoms with Crippen molar-refractivity contribution in [2.45, 2.75) is 38.4 Å². The highest BCUT2D eigenvalue weighted by atomic mass is 19.1. The summed E-state index contributed by atoms with van der Waals surface area (Å²) in [6.45, 7) is 1.62. The monoisotopic (exact) mass is 345 g/mol. The summed E-state index contributed by atoms with van der Waals surface area (Å²) in [5.74, 6) is -3.06. The summed E-state index contributed by atoms with van der Waals surface area (Å²) in [4.78, 5) is 37.8. The third-order valence-electron chi connectivity index (χ3n) is 3.28. The average molecular weight is 345 g/mol. The first-order valence-electron chi connectivity index (χ1n) is 6.89. The second-order valence-corrected chi connectivity index (χ2v) is 5.06. The number of aliphatic hydroxyl groups is 1. The highest BCUT2D eigenvalue weighted by Gasteiger charge is 2.50. The predicted octanol–water partition coefficient (Wildman–Crippen LogP) is -1.28. The lowest BCUT2D eigenvalue weighted by Crippen LogP contribution is -2.41. The lowest BCUT2D eigenvalue weighted by molar-refractivity contribution is -0.165. The Balaban J connectivity index is 2.46. The summed E-state index contributed by atoms with van der Waals surface area (Å²) in [6.07, 6.45) is -4.18. The maximum Gasteiger partial charge on any atom is 0.351 e. The molecule has 2 heterocycles. The largest absolute Gasteiger partial charge is 0.456 e. The summed E-state index contributed by atoms with van der Waals surface area (Å²) < 4.78 is 29.8. The number of aromatic nitrogens is 2. The van der Waals surface area contributed by atoms with Gasteiger partial charge in [-0.3, -0.25) is 14.2 Å². The molecule has 1 aromatic rings. The summed E-state index contributed by atoms with van der Waals surface area (Å²) in [6, 6.07) is 0. The van der Waals surface area contributed by atoms with Gasteiger partial charge in [0.25, 0.3) is 0 Å². The number of carbonyl (C=O) groups excluding carboxylic acids is 2. The number of rotatable bonds is 4. The number of anilines is 1. The maximum atomic E-state index is 13.6. The van der Waals surface area contributed by atoms with Crippen LogP contribution in [0.4, 0.5) is 10.2 Å². The van der Waals surface area contributed by atoms with Crippen molar-refractivity contribution in [3.05, 3.63) is 22.5 Å². The smallest absolute Gasteiger partial charge is 0.351 e. The zero-order valence-corrected chi connectivity index (χ0v) is 12.8. The van der Waals surface area contributed by atoms with Crippen LogP contribution in [0.1, 0.15) is 20.1 Å². The molecule has 3 N–H and O–H groups in total. The van der Waals surface area contributed by atoms with E-state index in [1.807, 2.05) is 0 Å². The molecule has 2 rings (SSSR count). The Bertz CT molecular complexity index is 707. The van der Waals surface area contributed by atoms with E-state index in [1.54, 1.807) is 0 Å². The standard InChI is InChI=1S/C13H16FN3O7/c1-5(19)22-9-8(4-18)24-12(10(9)23-6(2)20)17-3-7(14)11(15)16-13(17)21/h3,8-10,12,18H,4H2,1-2H3,(H2,15,16,21)/t8-,9-,10-,12-/m1/s1. The van der Waals surface area contributed by atoms with Crippen LogP contribution in [-0.4, -0.2) is 51.5 Å². The number of nitrogens with zero attached hydrogens (tertiary/aromatic N) is 2. The van der Waals surface area contributed by atoms with Crippen LogP contribution in [0.5, 0.6) is 0 Å². The van der Waals surface area contributed by atoms with Gasteiger partial charge in [-0.25, -0.2) is 9.18 Å². The van der Waals surface area contributed by atoms with Crippen LogP contribution in [0.2, 0.25) is 0 Å². The van der Waals surface area contributed by atoms with Crippen LogP contribution >= 0.6 is 0 Å². The SMILES string of the molecule is CC(=O)O[C@@H]1[C@H](OC(C)=O)[C@@H](CO)O[C@H]1n1cc(F)c(N)nc1=O. The van der Waals surface area contributed by atoms with E-state index in [9.17, 15) is 23.9 Å². The normalized spacial score (nSPS) is 26.2. The van der Waals surface area contributed by atoms with Crippen molar-refractivity contribution in [3.8, 4) is 0 Å². The Morgan fingerprint density at radius 1 is 1.38 bits per heavy atom. The van der Waals surface area contributed by atoms with Crippen molar-refractivity contribution in [2.24, 2.45) is 0 Å². The molecule has 11 heteroatoms. The molecule has 0 aromatic carbocycles. The number of esters is 2. The lowest BCUT2D eigenvalue weighted by atomic mass is 10.1. The van der Waals surface area contributed by atoms with E-state index < -0.39 is 60.4 Å². The molecule has 1 aliphatic heterocycles. The van der Waals surface area contributed by atoms with Crippen LogP contribution in [0, 0.1) is 5.82 Å². The van der Waals surface area contributed by atoms with E-state index in [2.05, 4.69) is 4.98 Å². The Morgan fingerprint density at radius 2 is 1.96 bits per heavy atom. The van der Waals surface area contributed by atoms with Crippen LogP contribution in [0.15, 0.2) is 11.0 Å². The molecule has 0 aliphatic carbocycles. The fourth-order valence-electron chi connectivity index (χ4n) is 2.37. The Kier molecular flexibility index (Phi) is 5.14. The number of halogens is 1. The van der Waals surface area contributed by atoms with Crippen molar-refractivity contribution < 1.29 is 33.3 Å². The second-order valence-electron chi connectivity index (χ2n) is 5.06. The van der Waals surface area contributed by atoms with Crippen LogP contribution in [-0.2, 0) is 23.8 Å². The molecule has 0 radical (unpaired) electrons. The van der Waals surface area contributed by atoms with E-state index in [1.165, 1.54) is 0 Å². The molecule has 0 saturated carbocycles. The number of ether oxygens (including phenoxy) is 3. The van der Waals surface area contributed by atoms with Gasteiger partial charge in [-0.1, -0.05) is 0 Å². The third-order valence-corrected chi connectivity index (χ3v) is 3.28. The molecule has 1 saturated heterocycles. The van der Waals surface area contributed by atoms with Gasteiger partial charge >= 0.3 is 17.6 Å². The second kappa shape index (κ2) is 6.93. The first-order valence-corrected chi connectivity index (χ1v) is 6.89. The molecule has 1 fully saturated rings. The molecule has 132 valence electrons. The fourth-order valence-corrected chi connectivity index (χ4v) is 2.37. The van der Waals surface area contributed by atoms with Gasteiger partial charge in [0, 0.05) is 13.8 Å². The zero-order chi connectivity index (χ0) is 18.0. The molecule has 0 amide bonds. The highest BCUT2D eigenvalue weighted by Crippen LogP contribution is 2.33. The number of nitrogens with two attached hydrogens (primary N) is 1. The molecule has 0 unspecified atom stereocenters. The molecule has 1 aromatic heterocycles. The average Bonchev–Trinajstić information content (AvgIpc) is 2.79. The summed E-state index contributed by atoms with van der Waals surface area (Å²) in [5, 5.41) is 9.38. The number of nitrogen functional groups attached to an aromatic ring is 1. The van der Waals surface area contributed by atoms with Crippen molar-refractivity contribution in [1.29, 1.82) is 0 Å². The lowest BCUT2D eigenvalue weighted by Gasteiger charge is -2.23. The first-order chi connectivity index (χ1) is 11.2. The van der Waals surface area contributed by atoms with Crippen molar-refractivity contribution >= 4 is 17.8 Å². The van der Waals surface area contributed by atoms with Gasteiger partial charge in [-0.2, -0.15) is 4.98 Å². The minimum atomic E-state index is -1.36. The van der Waals surface area contributed by atoms with E-state index in [4.69, 9.17) is 19.9 Å². The van der Waals surface area contributed by atoms with Gasteiger partial charge in [0.05, 0.1) is 12.8 Å². The van der Waals surface area contributed by atoms with Gasteiger partial charge in [0.2, 0.25) is 0 Å². The zero-order valence-electron chi connectivity index (χ0n) is 12.8. The highest BCUT2D eigenvalue weighted by molar-refractivity contribution is 5.67. The fraction of sp³-hybridized carbons (Fsp3) is 0.538. The minimum absolute atomic E-state index is 0.591. The van der Waals surface area contributed by atoms with E-state index in [0.29, 0.717) is 4.57 Å². The van der Waals surface area contributed by atoms with Gasteiger partial charge in [0.15, 0.2) is 30.1 Å². The number of carbonyl (C=O) groups is 2.